The Morgan fingerprint density at radius 1 is 1.55 bits per heavy atom. The Labute approximate surface area is 128 Å². The maximum Gasteiger partial charge on any atom is 0.273 e. The van der Waals surface area contributed by atoms with Crippen molar-refractivity contribution in [3.8, 4) is 5.75 Å². The van der Waals surface area contributed by atoms with E-state index in [1.807, 2.05) is 12.1 Å². The molecule has 0 bridgehead atoms. The third-order valence-electron chi connectivity index (χ3n) is 2.97. The summed E-state index contributed by atoms with van der Waals surface area (Å²) >= 11 is 5.02. The van der Waals surface area contributed by atoms with Crippen LogP contribution >= 0.6 is 27.7 Å². The number of rotatable bonds is 2. The van der Waals surface area contributed by atoms with Crippen molar-refractivity contribution in [2.45, 2.75) is 0 Å². The van der Waals surface area contributed by atoms with Crippen LogP contribution in [0, 0.1) is 0 Å². The van der Waals surface area contributed by atoms with E-state index in [2.05, 4.69) is 31.2 Å². The fraction of sp³-hybridized carbons (Fsp3) is 0.231. The molecule has 1 aromatic carbocycles. The summed E-state index contributed by atoms with van der Waals surface area (Å²) in [6.07, 6.45) is 0. The first-order valence-electron chi connectivity index (χ1n) is 6.03. The molecule has 0 fully saturated rings. The number of nitrogens with one attached hydrogen (secondary N) is 2. The molecule has 0 aliphatic carbocycles. The number of hydrogen-bond acceptors (Lipinski definition) is 4. The maximum absolute atomic E-state index is 12.2. The summed E-state index contributed by atoms with van der Waals surface area (Å²) in [6.45, 7) is 0.756. The predicted octanol–water partition coefficient (Wildman–Crippen LogP) is 2.77. The maximum atomic E-state index is 12.2. The van der Waals surface area contributed by atoms with Gasteiger partial charge in [0.2, 0.25) is 0 Å². The minimum Gasteiger partial charge on any atom is -0.496 e. The van der Waals surface area contributed by atoms with Crippen LogP contribution in [0.2, 0.25) is 0 Å². The van der Waals surface area contributed by atoms with Gasteiger partial charge in [0.05, 0.1) is 19.2 Å². The number of amides is 1. The average Bonchev–Trinajstić information content (AvgIpc) is 3.08. The number of hydrogen-bond donors (Lipinski definition) is 2. The second-order valence-corrected chi connectivity index (χ2v) is 6.15. The van der Waals surface area contributed by atoms with Gasteiger partial charge in [0.1, 0.15) is 11.4 Å². The highest BCUT2D eigenvalue weighted by Crippen LogP contribution is 2.32. The van der Waals surface area contributed by atoms with Crippen LogP contribution in [0.25, 0.3) is 10.9 Å². The van der Waals surface area contributed by atoms with Crippen molar-refractivity contribution in [3.63, 3.8) is 0 Å². The van der Waals surface area contributed by atoms with Crippen molar-refractivity contribution in [3.05, 3.63) is 28.4 Å². The van der Waals surface area contributed by atoms with Crippen molar-refractivity contribution in [2.75, 3.05) is 19.4 Å². The number of carbonyl (C=O) groups excluding carboxylic acids is 1. The van der Waals surface area contributed by atoms with Gasteiger partial charge in [0.25, 0.3) is 5.91 Å². The van der Waals surface area contributed by atoms with Gasteiger partial charge in [-0.25, -0.2) is 0 Å². The number of halogens is 1. The molecule has 1 aliphatic rings. The van der Waals surface area contributed by atoms with E-state index in [1.54, 1.807) is 24.9 Å². The lowest BCUT2D eigenvalue weighted by molar-refractivity contribution is 0.0974. The zero-order valence-corrected chi connectivity index (χ0v) is 13.1. The zero-order valence-electron chi connectivity index (χ0n) is 10.7. The predicted molar refractivity (Wildman–Crippen MR) is 84.8 cm³/mol. The summed E-state index contributed by atoms with van der Waals surface area (Å²) < 4.78 is 6.20. The van der Waals surface area contributed by atoms with Crippen LogP contribution < -0.4 is 10.1 Å². The Bertz CT molecular complexity index is 711. The summed E-state index contributed by atoms with van der Waals surface area (Å²) in [5.41, 5.74) is 1.33. The quantitative estimate of drug-likeness (QED) is 0.872. The van der Waals surface area contributed by atoms with Crippen LogP contribution in [0.1, 0.15) is 10.5 Å². The van der Waals surface area contributed by atoms with Crippen LogP contribution in [-0.2, 0) is 0 Å². The monoisotopic (exact) mass is 353 g/mol. The van der Waals surface area contributed by atoms with Crippen LogP contribution in [0.15, 0.2) is 27.7 Å². The largest absolute Gasteiger partial charge is 0.496 e. The van der Waals surface area contributed by atoms with E-state index < -0.39 is 0 Å². The molecule has 0 atom stereocenters. The average molecular weight is 354 g/mol. The van der Waals surface area contributed by atoms with Crippen molar-refractivity contribution < 1.29 is 9.53 Å². The van der Waals surface area contributed by atoms with Gasteiger partial charge in [-0.2, -0.15) is 0 Å². The van der Waals surface area contributed by atoms with E-state index in [0.717, 1.165) is 33.4 Å². The number of ether oxygens (including phenoxy) is 1. The zero-order chi connectivity index (χ0) is 14.1. The van der Waals surface area contributed by atoms with Gasteiger partial charge < -0.3 is 15.0 Å². The fourth-order valence-corrected chi connectivity index (χ4v) is 3.20. The van der Waals surface area contributed by atoms with E-state index in [0.29, 0.717) is 10.9 Å². The van der Waals surface area contributed by atoms with Gasteiger partial charge in [-0.05, 0) is 34.1 Å². The normalized spacial score (nSPS) is 14.4. The van der Waals surface area contributed by atoms with Gasteiger partial charge in [-0.15, -0.1) is 0 Å². The standard InChI is InChI=1S/C13H12BrN3O2S/c1-19-10-3-2-8(14)11-7(10)6-9(16-11)12(18)17-13-15-4-5-20-13/h2-3,6,16H,4-5H2,1H3,(H,15,17,18). The third-order valence-corrected chi connectivity index (χ3v) is 4.53. The molecule has 104 valence electrons. The summed E-state index contributed by atoms with van der Waals surface area (Å²) in [5.74, 6) is 1.45. The number of carbonyl (C=O) groups is 1. The number of thioether (sulfide) groups is 1. The number of nitrogens with zero attached hydrogens (tertiary/aromatic N) is 1. The van der Waals surface area contributed by atoms with Gasteiger partial charge in [-0.1, -0.05) is 11.8 Å². The molecule has 2 heterocycles. The smallest absolute Gasteiger partial charge is 0.273 e. The number of fused-ring (bicyclic) bond motifs is 1. The third kappa shape index (κ3) is 2.43. The van der Waals surface area contributed by atoms with E-state index in [4.69, 9.17) is 4.74 Å². The molecule has 2 N–H and O–H groups in total. The minimum atomic E-state index is -0.191. The number of benzene rings is 1. The number of aromatic amines is 1. The Kier molecular flexibility index (Phi) is 3.71. The number of methoxy groups -OCH3 is 1. The first-order chi connectivity index (χ1) is 9.69. The molecular weight excluding hydrogens is 342 g/mol. The first-order valence-corrected chi connectivity index (χ1v) is 7.80. The van der Waals surface area contributed by atoms with E-state index in [-0.39, 0.29) is 5.91 Å². The summed E-state index contributed by atoms with van der Waals surface area (Å²) in [7, 11) is 1.61. The summed E-state index contributed by atoms with van der Waals surface area (Å²) in [4.78, 5) is 19.5. The second-order valence-electron chi connectivity index (χ2n) is 4.21. The Morgan fingerprint density at radius 3 is 3.10 bits per heavy atom. The molecule has 0 spiro atoms. The molecule has 20 heavy (non-hydrogen) atoms. The topological polar surface area (TPSA) is 66.5 Å². The highest BCUT2D eigenvalue weighted by atomic mass is 79.9. The molecule has 0 saturated heterocycles. The van der Waals surface area contributed by atoms with Crippen molar-refractivity contribution in [1.29, 1.82) is 0 Å². The summed E-state index contributed by atoms with van der Waals surface area (Å²) in [6, 6.07) is 5.53. The Hall–Kier alpha value is -1.47. The first kappa shape index (κ1) is 13.5. The van der Waals surface area contributed by atoms with Gasteiger partial charge in [0, 0.05) is 15.6 Å². The minimum absolute atomic E-state index is 0.191. The van der Waals surface area contributed by atoms with Gasteiger partial charge >= 0.3 is 0 Å². The Morgan fingerprint density at radius 2 is 2.40 bits per heavy atom. The Balaban J connectivity index is 1.96. The highest BCUT2D eigenvalue weighted by Gasteiger charge is 2.16. The van der Waals surface area contributed by atoms with Gasteiger partial charge in [0.15, 0.2) is 5.17 Å². The number of aliphatic imine (C=N–C) groups is 1. The molecule has 1 amide bonds. The molecule has 7 heteroatoms. The molecule has 3 rings (SSSR count). The lowest BCUT2D eigenvalue weighted by Crippen LogP contribution is -2.27. The fourth-order valence-electron chi connectivity index (χ4n) is 2.03. The van der Waals surface area contributed by atoms with Crippen LogP contribution in [-0.4, -0.2) is 35.5 Å². The lowest BCUT2D eigenvalue weighted by atomic mass is 10.2. The molecule has 0 unspecified atom stereocenters. The van der Waals surface area contributed by atoms with Crippen LogP contribution in [0.3, 0.4) is 0 Å². The number of aromatic nitrogens is 1. The van der Waals surface area contributed by atoms with E-state index in [1.165, 1.54) is 0 Å². The second kappa shape index (κ2) is 5.49. The van der Waals surface area contributed by atoms with Crippen LogP contribution in [0.5, 0.6) is 5.75 Å². The molecule has 5 nitrogen and oxygen atoms in total. The van der Waals surface area contributed by atoms with E-state index in [9.17, 15) is 4.79 Å². The molecular formula is C13H12BrN3O2S. The summed E-state index contributed by atoms with van der Waals surface area (Å²) in [5, 5.41) is 4.35. The van der Waals surface area contributed by atoms with Crippen molar-refractivity contribution >= 4 is 49.7 Å². The van der Waals surface area contributed by atoms with E-state index >= 15 is 0 Å². The molecule has 1 aromatic heterocycles. The number of H-pyrrole nitrogens is 1. The molecule has 1 aliphatic heterocycles. The van der Waals surface area contributed by atoms with Gasteiger partial charge in [-0.3, -0.25) is 9.79 Å². The molecule has 0 saturated carbocycles. The molecule has 2 aromatic rings. The number of amidine groups is 1. The SMILES string of the molecule is COc1ccc(Br)c2[nH]c(C(=O)NC3=NCCS3)cc12. The van der Waals surface area contributed by atoms with Crippen LogP contribution in [0.4, 0.5) is 0 Å². The lowest BCUT2D eigenvalue weighted by Gasteiger charge is -2.01. The molecule has 0 radical (unpaired) electrons. The van der Waals surface area contributed by atoms with Crippen molar-refractivity contribution in [1.82, 2.24) is 10.3 Å². The highest BCUT2D eigenvalue weighted by molar-refractivity contribution is 9.10. The van der Waals surface area contributed by atoms with Crippen molar-refractivity contribution in [2.24, 2.45) is 4.99 Å².